The molecule has 0 aliphatic carbocycles. The number of nitrogens with zero attached hydrogens (tertiary/aromatic N) is 1. The van der Waals surface area contributed by atoms with Crippen molar-refractivity contribution in [3.8, 4) is 0 Å². The van der Waals surface area contributed by atoms with Crippen molar-refractivity contribution in [2.75, 3.05) is 4.81 Å². The SMILES string of the molecule is C1=CB2C=Cc3ccc4cc5ccccc5cc4c3N2C=C1. The Balaban J connectivity index is 1.88. The first kappa shape index (κ1) is 11.9. The summed E-state index contributed by atoms with van der Waals surface area (Å²) in [6, 6.07) is 17.7. The second kappa shape index (κ2) is 4.38. The third-order valence-corrected chi connectivity index (χ3v) is 4.61. The van der Waals surface area contributed by atoms with Gasteiger partial charge in [0.05, 0.1) is 0 Å². The van der Waals surface area contributed by atoms with Gasteiger partial charge in [-0.2, -0.15) is 0 Å². The maximum Gasteiger partial charge on any atom is 0.312 e. The van der Waals surface area contributed by atoms with Crippen molar-refractivity contribution >= 4 is 40.2 Å². The first-order valence-electron chi connectivity index (χ1n) is 7.67. The molecule has 102 valence electrons. The Morgan fingerprint density at radius 1 is 0.773 bits per heavy atom. The van der Waals surface area contributed by atoms with Crippen molar-refractivity contribution in [1.29, 1.82) is 0 Å². The van der Waals surface area contributed by atoms with Gasteiger partial charge in [0, 0.05) is 11.1 Å². The molecule has 5 rings (SSSR count). The predicted octanol–water partition coefficient (Wildman–Crippen LogP) is 4.98. The van der Waals surface area contributed by atoms with E-state index in [9.17, 15) is 0 Å². The molecule has 1 nitrogen and oxygen atoms in total. The van der Waals surface area contributed by atoms with Crippen molar-refractivity contribution in [2.24, 2.45) is 0 Å². The third kappa shape index (κ3) is 1.61. The summed E-state index contributed by atoms with van der Waals surface area (Å²) in [5.41, 5.74) is 2.61. The maximum atomic E-state index is 2.37. The van der Waals surface area contributed by atoms with Crippen LogP contribution < -0.4 is 4.81 Å². The van der Waals surface area contributed by atoms with Crippen LogP contribution >= 0.6 is 0 Å². The van der Waals surface area contributed by atoms with Gasteiger partial charge in [-0.1, -0.05) is 60.5 Å². The summed E-state index contributed by atoms with van der Waals surface area (Å²) in [4.78, 5) is 2.37. The summed E-state index contributed by atoms with van der Waals surface area (Å²) < 4.78 is 0. The van der Waals surface area contributed by atoms with Gasteiger partial charge in [0.1, 0.15) is 0 Å². The highest BCUT2D eigenvalue weighted by Crippen LogP contribution is 2.38. The van der Waals surface area contributed by atoms with Crippen molar-refractivity contribution in [2.45, 2.75) is 0 Å². The largest absolute Gasteiger partial charge is 0.383 e. The van der Waals surface area contributed by atoms with Crippen LogP contribution in [0.4, 0.5) is 5.69 Å². The molecule has 2 aliphatic rings. The van der Waals surface area contributed by atoms with E-state index in [2.05, 4.69) is 89.7 Å². The van der Waals surface area contributed by atoms with Gasteiger partial charge in [0.2, 0.25) is 0 Å². The van der Waals surface area contributed by atoms with E-state index in [1.54, 1.807) is 0 Å². The first-order chi connectivity index (χ1) is 10.9. The molecule has 22 heavy (non-hydrogen) atoms. The fourth-order valence-corrected chi connectivity index (χ4v) is 3.53. The number of benzene rings is 3. The van der Waals surface area contributed by atoms with E-state index >= 15 is 0 Å². The lowest BCUT2D eigenvalue weighted by Crippen LogP contribution is -2.36. The Labute approximate surface area is 130 Å². The van der Waals surface area contributed by atoms with Crippen molar-refractivity contribution in [3.05, 3.63) is 84.4 Å². The molecule has 0 bridgehead atoms. The van der Waals surface area contributed by atoms with Gasteiger partial charge >= 0.3 is 6.85 Å². The van der Waals surface area contributed by atoms with Crippen molar-refractivity contribution in [1.82, 2.24) is 0 Å². The Hall–Kier alpha value is -2.74. The zero-order chi connectivity index (χ0) is 14.5. The lowest BCUT2D eigenvalue weighted by Gasteiger charge is -2.32. The molecule has 0 unspecified atom stereocenters. The van der Waals surface area contributed by atoms with Crippen molar-refractivity contribution in [3.63, 3.8) is 0 Å². The highest BCUT2D eigenvalue weighted by molar-refractivity contribution is 6.75. The van der Waals surface area contributed by atoms with Crippen LogP contribution in [0.25, 0.3) is 27.6 Å². The standard InChI is InChI=1S/C20H14BN/c1-2-6-17-14-19-18(13-16(17)5-1)8-7-15-9-11-21-10-3-4-12-22(21)20(15)19/h1-14H. The van der Waals surface area contributed by atoms with Crippen LogP contribution in [0.1, 0.15) is 5.56 Å². The van der Waals surface area contributed by atoms with Gasteiger partial charge in [-0.25, -0.2) is 0 Å². The summed E-state index contributed by atoms with van der Waals surface area (Å²) in [6.07, 6.45) is 8.66. The molecule has 0 radical (unpaired) electrons. The fraction of sp³-hybridized carbons (Fsp3) is 0. The zero-order valence-corrected chi connectivity index (χ0v) is 12.1. The van der Waals surface area contributed by atoms with Gasteiger partial charge < -0.3 is 4.81 Å². The van der Waals surface area contributed by atoms with Gasteiger partial charge in [0.25, 0.3) is 0 Å². The van der Waals surface area contributed by atoms with E-state index in [0.717, 1.165) is 0 Å². The van der Waals surface area contributed by atoms with Crippen LogP contribution in [0.15, 0.2) is 78.8 Å². The van der Waals surface area contributed by atoms with Gasteiger partial charge in [-0.05, 0) is 46.1 Å². The number of anilines is 1. The smallest absolute Gasteiger partial charge is 0.312 e. The topological polar surface area (TPSA) is 3.24 Å². The van der Waals surface area contributed by atoms with Crippen LogP contribution in [-0.2, 0) is 0 Å². The molecule has 3 aromatic rings. The van der Waals surface area contributed by atoms with E-state index < -0.39 is 0 Å². The predicted molar refractivity (Wildman–Crippen MR) is 97.0 cm³/mol. The second-order valence-electron chi connectivity index (χ2n) is 5.91. The number of hydrogen-bond donors (Lipinski definition) is 0. The van der Waals surface area contributed by atoms with Crippen LogP contribution in [0.5, 0.6) is 0 Å². The third-order valence-electron chi connectivity index (χ3n) is 4.61. The van der Waals surface area contributed by atoms with Crippen LogP contribution in [0, 0.1) is 0 Å². The minimum atomic E-state index is 0.328. The number of rotatable bonds is 0. The maximum absolute atomic E-state index is 2.37. The van der Waals surface area contributed by atoms with Crippen LogP contribution in [0.2, 0.25) is 0 Å². The van der Waals surface area contributed by atoms with E-state index in [4.69, 9.17) is 0 Å². The quantitative estimate of drug-likeness (QED) is 0.414. The average Bonchev–Trinajstić information content (AvgIpc) is 2.59. The molecule has 0 N–H and O–H groups in total. The monoisotopic (exact) mass is 279 g/mol. The summed E-state index contributed by atoms with van der Waals surface area (Å²) in [6.45, 7) is 0.328. The lowest BCUT2D eigenvalue weighted by atomic mass is 9.57. The Kier molecular flexibility index (Phi) is 2.36. The van der Waals surface area contributed by atoms with Crippen molar-refractivity contribution < 1.29 is 0 Å². The molecule has 2 heterocycles. The Morgan fingerprint density at radius 3 is 2.55 bits per heavy atom. The molecule has 0 spiro atoms. The number of hydrogen-bond acceptors (Lipinski definition) is 1. The highest BCUT2D eigenvalue weighted by Gasteiger charge is 2.25. The van der Waals surface area contributed by atoms with E-state index in [-0.39, 0.29) is 0 Å². The molecule has 0 atom stereocenters. The minimum absolute atomic E-state index is 0.328. The molecule has 0 fully saturated rings. The summed E-state index contributed by atoms with van der Waals surface area (Å²) in [5.74, 6) is 4.49. The molecular formula is C20H14BN. The number of fused-ring (bicyclic) bond motifs is 6. The van der Waals surface area contributed by atoms with E-state index in [1.165, 1.54) is 32.8 Å². The summed E-state index contributed by atoms with van der Waals surface area (Å²) in [5, 5.41) is 5.22. The molecule has 0 amide bonds. The summed E-state index contributed by atoms with van der Waals surface area (Å²) in [7, 11) is 0. The second-order valence-corrected chi connectivity index (χ2v) is 5.91. The van der Waals surface area contributed by atoms with E-state index in [0.29, 0.717) is 6.85 Å². The van der Waals surface area contributed by atoms with Crippen LogP contribution in [-0.4, -0.2) is 6.85 Å². The molecular weight excluding hydrogens is 265 g/mol. The lowest BCUT2D eigenvalue weighted by molar-refractivity contribution is 1.38. The summed E-state index contributed by atoms with van der Waals surface area (Å²) >= 11 is 0. The zero-order valence-electron chi connectivity index (χ0n) is 12.1. The minimum Gasteiger partial charge on any atom is -0.383 e. The van der Waals surface area contributed by atoms with E-state index in [1.807, 2.05) is 0 Å². The fourth-order valence-electron chi connectivity index (χ4n) is 3.53. The molecule has 2 heteroatoms. The molecule has 0 saturated heterocycles. The highest BCUT2D eigenvalue weighted by atomic mass is 15.1. The molecule has 2 aliphatic heterocycles. The Morgan fingerprint density at radius 2 is 1.64 bits per heavy atom. The normalized spacial score (nSPS) is 15.5. The van der Waals surface area contributed by atoms with Gasteiger partial charge in [-0.3, -0.25) is 0 Å². The molecule has 0 aromatic heterocycles. The van der Waals surface area contributed by atoms with Crippen LogP contribution in [0.3, 0.4) is 0 Å². The van der Waals surface area contributed by atoms with Gasteiger partial charge in [-0.15, -0.1) is 0 Å². The number of allylic oxidation sites excluding steroid dienone is 2. The Bertz CT molecular complexity index is 997. The van der Waals surface area contributed by atoms with Gasteiger partial charge in [0.15, 0.2) is 0 Å². The average molecular weight is 279 g/mol. The first-order valence-corrected chi connectivity index (χ1v) is 7.67. The molecule has 3 aromatic carbocycles. The molecule has 0 saturated carbocycles.